The summed E-state index contributed by atoms with van der Waals surface area (Å²) in [5.41, 5.74) is -0.170. The van der Waals surface area contributed by atoms with E-state index in [1.54, 1.807) is 0 Å². The third-order valence-corrected chi connectivity index (χ3v) is 3.53. The third kappa shape index (κ3) is 4.16. The lowest BCUT2D eigenvalue weighted by Gasteiger charge is -2.31. The van der Waals surface area contributed by atoms with Crippen LogP contribution in [0.1, 0.15) is 16.8 Å². The molecule has 1 amide bonds. The number of ether oxygens (including phenoxy) is 2. The van der Waals surface area contributed by atoms with Gasteiger partial charge in [-0.3, -0.25) is 4.79 Å². The van der Waals surface area contributed by atoms with Crippen LogP contribution in [0.2, 0.25) is 5.02 Å². The highest BCUT2D eigenvalue weighted by Crippen LogP contribution is 2.19. The van der Waals surface area contributed by atoms with Crippen LogP contribution in [0.5, 0.6) is 0 Å². The highest BCUT2D eigenvalue weighted by molar-refractivity contribution is 6.31. The van der Waals surface area contributed by atoms with Crippen LogP contribution < -0.4 is 5.32 Å². The van der Waals surface area contributed by atoms with E-state index >= 15 is 0 Å². The Hall–Kier alpha value is -1.70. The molecule has 0 saturated carbocycles. The van der Waals surface area contributed by atoms with Crippen LogP contribution in [0.4, 0.5) is 4.39 Å². The summed E-state index contributed by atoms with van der Waals surface area (Å²) in [4.78, 5) is 22.7. The minimum atomic E-state index is -1.11. The summed E-state index contributed by atoms with van der Waals surface area (Å²) in [7, 11) is 0. The normalized spacial score (nSPS) is 21.4. The van der Waals surface area contributed by atoms with Gasteiger partial charge in [0.15, 0.2) is 5.82 Å². The van der Waals surface area contributed by atoms with Crippen LogP contribution in [0.25, 0.3) is 0 Å². The quantitative estimate of drug-likeness (QED) is 0.853. The van der Waals surface area contributed by atoms with Crippen molar-refractivity contribution in [3.63, 3.8) is 0 Å². The lowest BCUT2D eigenvalue weighted by Crippen LogP contribution is -2.50. The Bertz CT molecular complexity index is 568. The molecule has 2 atom stereocenters. The number of halogens is 2. The molecule has 1 heterocycles. The van der Waals surface area contributed by atoms with Crippen molar-refractivity contribution in [1.82, 2.24) is 5.32 Å². The first-order valence-electron chi connectivity index (χ1n) is 6.65. The number of aliphatic carboxylic acids is 1. The van der Waals surface area contributed by atoms with Crippen molar-refractivity contribution in [2.45, 2.75) is 18.6 Å². The average molecular weight is 332 g/mol. The Labute approximate surface area is 131 Å². The zero-order valence-corrected chi connectivity index (χ0v) is 12.3. The minimum absolute atomic E-state index is 0.140. The average Bonchev–Trinajstić information content (AvgIpc) is 2.49. The highest BCUT2D eigenvalue weighted by Gasteiger charge is 2.29. The Morgan fingerprint density at radius 1 is 1.50 bits per heavy atom. The van der Waals surface area contributed by atoms with Crippen molar-refractivity contribution in [3.8, 4) is 0 Å². The topological polar surface area (TPSA) is 84.9 Å². The molecule has 2 rings (SSSR count). The number of carboxylic acid groups (broad SMARTS) is 1. The van der Waals surface area contributed by atoms with Gasteiger partial charge in [0.05, 0.1) is 23.2 Å². The second-order valence-electron chi connectivity index (χ2n) is 4.79. The molecule has 0 aliphatic carbocycles. The Morgan fingerprint density at radius 2 is 2.27 bits per heavy atom. The smallest absolute Gasteiger partial charge is 0.329 e. The van der Waals surface area contributed by atoms with E-state index in [2.05, 4.69) is 5.32 Å². The number of amides is 1. The van der Waals surface area contributed by atoms with Crippen molar-refractivity contribution in [3.05, 3.63) is 34.6 Å². The second kappa shape index (κ2) is 7.53. The van der Waals surface area contributed by atoms with Gasteiger partial charge in [-0.1, -0.05) is 17.7 Å². The fraction of sp³-hybridized carbons (Fsp3) is 0.429. The standard InChI is InChI=1S/C14H15ClFNO5/c15-9-3-1-2-8(13(9)16)14(20)17-10-4-5-21-6-11(10)22-7-12(18)19/h1-3,10-11H,4-7H2,(H,17,20)(H,18,19)/t10-,11-/m1/s1. The van der Waals surface area contributed by atoms with Crippen LogP contribution >= 0.6 is 11.6 Å². The zero-order chi connectivity index (χ0) is 16.1. The molecular formula is C14H15ClFNO5. The molecule has 0 bridgehead atoms. The predicted octanol–water partition coefficient (Wildman–Crippen LogP) is 1.47. The molecule has 0 radical (unpaired) electrons. The van der Waals surface area contributed by atoms with E-state index in [1.165, 1.54) is 18.2 Å². The number of carboxylic acids is 1. The molecule has 8 heteroatoms. The van der Waals surface area contributed by atoms with Crippen LogP contribution in [0, 0.1) is 5.82 Å². The van der Waals surface area contributed by atoms with Gasteiger partial charge in [-0.05, 0) is 18.6 Å². The van der Waals surface area contributed by atoms with Gasteiger partial charge < -0.3 is 19.9 Å². The largest absolute Gasteiger partial charge is 0.480 e. The van der Waals surface area contributed by atoms with E-state index < -0.39 is 36.4 Å². The van der Waals surface area contributed by atoms with Crippen molar-refractivity contribution in [2.24, 2.45) is 0 Å². The molecule has 1 aromatic rings. The van der Waals surface area contributed by atoms with Gasteiger partial charge in [-0.2, -0.15) is 0 Å². The molecule has 2 N–H and O–H groups in total. The molecule has 1 aromatic carbocycles. The minimum Gasteiger partial charge on any atom is -0.480 e. The molecule has 0 aromatic heterocycles. The van der Waals surface area contributed by atoms with Gasteiger partial charge in [0.2, 0.25) is 0 Å². The van der Waals surface area contributed by atoms with Crippen LogP contribution in [-0.4, -0.2) is 48.9 Å². The van der Waals surface area contributed by atoms with Gasteiger partial charge in [0.1, 0.15) is 12.7 Å². The molecular weight excluding hydrogens is 317 g/mol. The first kappa shape index (κ1) is 16.7. The summed E-state index contributed by atoms with van der Waals surface area (Å²) in [6, 6.07) is 3.69. The summed E-state index contributed by atoms with van der Waals surface area (Å²) in [5, 5.41) is 11.1. The number of benzene rings is 1. The van der Waals surface area contributed by atoms with E-state index in [0.29, 0.717) is 13.0 Å². The van der Waals surface area contributed by atoms with Gasteiger partial charge in [0, 0.05) is 6.61 Å². The summed E-state index contributed by atoms with van der Waals surface area (Å²) in [5.74, 6) is -2.54. The number of carbonyl (C=O) groups is 2. The number of nitrogens with one attached hydrogen (secondary N) is 1. The maximum absolute atomic E-state index is 13.8. The van der Waals surface area contributed by atoms with Crippen molar-refractivity contribution in [2.75, 3.05) is 19.8 Å². The first-order chi connectivity index (χ1) is 10.5. The van der Waals surface area contributed by atoms with Gasteiger partial charge >= 0.3 is 5.97 Å². The summed E-state index contributed by atoms with van der Waals surface area (Å²) in [6.45, 7) is 0.0675. The Balaban J connectivity index is 2.04. The van der Waals surface area contributed by atoms with E-state index in [0.717, 1.165) is 0 Å². The summed E-state index contributed by atoms with van der Waals surface area (Å²) >= 11 is 5.65. The van der Waals surface area contributed by atoms with Crippen LogP contribution in [0.15, 0.2) is 18.2 Å². The van der Waals surface area contributed by atoms with Gasteiger partial charge in [0.25, 0.3) is 5.91 Å². The van der Waals surface area contributed by atoms with E-state index in [9.17, 15) is 14.0 Å². The van der Waals surface area contributed by atoms with Crippen LogP contribution in [-0.2, 0) is 14.3 Å². The number of carbonyl (C=O) groups excluding carboxylic acids is 1. The molecule has 1 saturated heterocycles. The molecule has 6 nitrogen and oxygen atoms in total. The maximum atomic E-state index is 13.8. The molecule has 1 fully saturated rings. The Kier molecular flexibility index (Phi) is 5.70. The molecule has 0 spiro atoms. The summed E-state index contributed by atoms with van der Waals surface area (Å²) < 4.78 is 24.2. The molecule has 0 unspecified atom stereocenters. The van der Waals surface area contributed by atoms with Crippen molar-refractivity contribution in [1.29, 1.82) is 0 Å². The monoisotopic (exact) mass is 331 g/mol. The van der Waals surface area contributed by atoms with Crippen molar-refractivity contribution >= 4 is 23.5 Å². The zero-order valence-electron chi connectivity index (χ0n) is 11.6. The molecule has 120 valence electrons. The highest BCUT2D eigenvalue weighted by atomic mass is 35.5. The Morgan fingerprint density at radius 3 is 3.00 bits per heavy atom. The summed E-state index contributed by atoms with van der Waals surface area (Å²) in [6.07, 6.45) is -0.158. The van der Waals surface area contributed by atoms with Gasteiger partial charge in [-0.25, -0.2) is 9.18 Å². The fourth-order valence-corrected chi connectivity index (χ4v) is 2.32. The fourth-order valence-electron chi connectivity index (χ4n) is 2.14. The number of hydrogen-bond acceptors (Lipinski definition) is 4. The van der Waals surface area contributed by atoms with E-state index in [1.807, 2.05) is 0 Å². The van der Waals surface area contributed by atoms with Gasteiger partial charge in [-0.15, -0.1) is 0 Å². The predicted molar refractivity (Wildman–Crippen MR) is 75.5 cm³/mol. The maximum Gasteiger partial charge on any atom is 0.329 e. The molecule has 22 heavy (non-hydrogen) atoms. The van der Waals surface area contributed by atoms with E-state index in [4.69, 9.17) is 26.2 Å². The lowest BCUT2D eigenvalue weighted by molar-refractivity contribution is -0.148. The second-order valence-corrected chi connectivity index (χ2v) is 5.20. The molecule has 1 aliphatic rings. The SMILES string of the molecule is O=C(O)CO[C@@H]1COCC[C@H]1NC(=O)c1cccc(Cl)c1F. The first-order valence-corrected chi connectivity index (χ1v) is 7.03. The van der Waals surface area contributed by atoms with E-state index in [-0.39, 0.29) is 17.2 Å². The number of hydrogen-bond donors (Lipinski definition) is 2. The lowest BCUT2D eigenvalue weighted by atomic mass is 10.0. The van der Waals surface area contributed by atoms with Crippen molar-refractivity contribution < 1.29 is 28.6 Å². The molecule has 1 aliphatic heterocycles. The third-order valence-electron chi connectivity index (χ3n) is 3.24. The van der Waals surface area contributed by atoms with Crippen LogP contribution in [0.3, 0.4) is 0 Å². The number of rotatable bonds is 5.